The summed E-state index contributed by atoms with van der Waals surface area (Å²) in [5.74, 6) is 1.38. The van der Waals surface area contributed by atoms with Crippen molar-refractivity contribution in [2.75, 3.05) is 0 Å². The zero-order valence-corrected chi connectivity index (χ0v) is 11.3. The van der Waals surface area contributed by atoms with Crippen molar-refractivity contribution in [1.82, 2.24) is 4.72 Å². The van der Waals surface area contributed by atoms with Crippen molar-refractivity contribution in [3.05, 3.63) is 17.0 Å². The summed E-state index contributed by atoms with van der Waals surface area (Å²) >= 11 is 0.945. The fourth-order valence-electron chi connectivity index (χ4n) is 1.29. The predicted octanol–water partition coefficient (Wildman–Crippen LogP) is 1.07. The Morgan fingerprint density at radius 3 is 2.83 bits per heavy atom. The molecule has 1 atom stereocenters. The Morgan fingerprint density at radius 2 is 2.28 bits per heavy atom. The van der Waals surface area contributed by atoms with E-state index < -0.39 is 16.0 Å². The Hall–Kier alpha value is -1.36. The van der Waals surface area contributed by atoms with Gasteiger partial charge in [0.05, 0.1) is 6.42 Å². The van der Waals surface area contributed by atoms with Crippen molar-refractivity contribution >= 4 is 27.3 Å². The van der Waals surface area contributed by atoms with Crippen molar-refractivity contribution < 1.29 is 18.3 Å². The first-order valence-electron chi connectivity index (χ1n) is 5.11. The molecule has 0 fully saturated rings. The second kappa shape index (κ2) is 6.00. The van der Waals surface area contributed by atoms with E-state index in [0.29, 0.717) is 11.3 Å². The van der Waals surface area contributed by atoms with Crippen LogP contribution in [0.1, 0.15) is 18.2 Å². The number of carbonyl (C=O) groups is 1. The summed E-state index contributed by atoms with van der Waals surface area (Å²) in [7, 11) is -3.62. The van der Waals surface area contributed by atoms with Crippen LogP contribution in [-0.4, -0.2) is 25.5 Å². The maximum Gasteiger partial charge on any atom is 0.308 e. The summed E-state index contributed by atoms with van der Waals surface area (Å²) in [5, 5.41) is 8.61. The van der Waals surface area contributed by atoms with Crippen LogP contribution in [0.15, 0.2) is 16.3 Å². The monoisotopic (exact) mass is 287 g/mol. The molecule has 0 aromatic carbocycles. The average Bonchev–Trinajstić information content (AvgIpc) is 2.65. The third-order valence-corrected chi connectivity index (χ3v) is 5.17. The second-order valence-electron chi connectivity index (χ2n) is 3.72. The molecule has 0 amide bonds. The third kappa shape index (κ3) is 4.14. The molecule has 0 aliphatic carbocycles. The highest BCUT2D eigenvalue weighted by Crippen LogP contribution is 2.22. The van der Waals surface area contributed by atoms with Crippen LogP contribution in [0.25, 0.3) is 0 Å². The summed E-state index contributed by atoms with van der Waals surface area (Å²) in [5.41, 5.74) is 0. The lowest BCUT2D eigenvalue weighted by Gasteiger charge is -2.09. The molecule has 0 aliphatic heterocycles. The van der Waals surface area contributed by atoms with Crippen molar-refractivity contribution in [2.24, 2.45) is 0 Å². The van der Waals surface area contributed by atoms with Gasteiger partial charge in [-0.1, -0.05) is 0 Å². The van der Waals surface area contributed by atoms with Gasteiger partial charge in [0.15, 0.2) is 0 Å². The normalized spacial score (nSPS) is 12.9. The standard InChI is InChI=1S/C11H13NO4S2/c1-3-4-8(2)12-18(15,16)11-6-5-9(17-11)7-10(13)14/h1,5-6,8,12H,4,7H2,2H3,(H,13,14). The molecule has 1 rings (SSSR count). The van der Waals surface area contributed by atoms with Crippen LogP contribution in [0.4, 0.5) is 0 Å². The number of carboxylic acids is 1. The molecule has 18 heavy (non-hydrogen) atoms. The van der Waals surface area contributed by atoms with Gasteiger partial charge in [0.1, 0.15) is 4.21 Å². The van der Waals surface area contributed by atoms with Crippen LogP contribution in [0.3, 0.4) is 0 Å². The van der Waals surface area contributed by atoms with E-state index in [1.807, 2.05) is 0 Å². The summed E-state index contributed by atoms with van der Waals surface area (Å²) in [6.07, 6.45) is 5.22. The average molecular weight is 287 g/mol. The molecule has 0 saturated carbocycles. The zero-order valence-electron chi connectivity index (χ0n) is 9.71. The van der Waals surface area contributed by atoms with Gasteiger partial charge >= 0.3 is 5.97 Å². The van der Waals surface area contributed by atoms with Gasteiger partial charge in [-0.2, -0.15) is 0 Å². The summed E-state index contributed by atoms with van der Waals surface area (Å²) < 4.78 is 26.3. The molecule has 1 unspecified atom stereocenters. The molecule has 0 bridgehead atoms. The smallest absolute Gasteiger partial charge is 0.308 e. The maximum atomic E-state index is 11.9. The van der Waals surface area contributed by atoms with Gasteiger partial charge in [-0.25, -0.2) is 13.1 Å². The summed E-state index contributed by atoms with van der Waals surface area (Å²) in [4.78, 5) is 11.0. The van der Waals surface area contributed by atoms with Gasteiger partial charge in [0.25, 0.3) is 0 Å². The van der Waals surface area contributed by atoms with Crippen LogP contribution in [-0.2, 0) is 21.2 Å². The minimum Gasteiger partial charge on any atom is -0.481 e. The first kappa shape index (κ1) is 14.7. The number of sulfonamides is 1. The van der Waals surface area contributed by atoms with Crippen molar-refractivity contribution in [3.8, 4) is 12.3 Å². The van der Waals surface area contributed by atoms with Crippen molar-refractivity contribution in [2.45, 2.75) is 30.0 Å². The topological polar surface area (TPSA) is 83.5 Å². The lowest BCUT2D eigenvalue weighted by molar-refractivity contribution is -0.136. The van der Waals surface area contributed by atoms with Crippen LogP contribution in [0.5, 0.6) is 0 Å². The van der Waals surface area contributed by atoms with E-state index in [2.05, 4.69) is 10.6 Å². The third-order valence-electron chi connectivity index (χ3n) is 2.01. The summed E-state index contributed by atoms with van der Waals surface area (Å²) in [6.45, 7) is 1.67. The lowest BCUT2D eigenvalue weighted by atomic mass is 10.3. The van der Waals surface area contributed by atoms with Gasteiger partial charge < -0.3 is 5.11 Å². The minimum absolute atomic E-state index is 0.0996. The highest BCUT2D eigenvalue weighted by atomic mass is 32.2. The first-order chi connectivity index (χ1) is 8.35. The van der Waals surface area contributed by atoms with Crippen LogP contribution < -0.4 is 4.72 Å². The van der Waals surface area contributed by atoms with E-state index in [4.69, 9.17) is 11.5 Å². The van der Waals surface area contributed by atoms with Crippen LogP contribution >= 0.6 is 11.3 Å². The molecule has 1 aromatic heterocycles. The zero-order chi connectivity index (χ0) is 13.8. The van der Waals surface area contributed by atoms with E-state index in [1.165, 1.54) is 12.1 Å². The predicted molar refractivity (Wildman–Crippen MR) is 68.9 cm³/mol. The molecule has 0 spiro atoms. The fourth-order valence-corrected chi connectivity index (χ4v) is 3.90. The van der Waals surface area contributed by atoms with Crippen molar-refractivity contribution in [1.29, 1.82) is 0 Å². The number of nitrogens with one attached hydrogen (secondary N) is 1. The Bertz CT molecular complexity index is 568. The van der Waals surface area contributed by atoms with Crippen LogP contribution in [0, 0.1) is 12.3 Å². The van der Waals surface area contributed by atoms with Gasteiger partial charge in [-0.3, -0.25) is 4.79 Å². The van der Waals surface area contributed by atoms with Crippen molar-refractivity contribution in [3.63, 3.8) is 0 Å². The molecule has 98 valence electrons. The Morgan fingerprint density at radius 1 is 1.61 bits per heavy atom. The van der Waals surface area contributed by atoms with Gasteiger partial charge in [-0.05, 0) is 19.1 Å². The summed E-state index contributed by atoms with van der Waals surface area (Å²) in [6, 6.07) is 2.54. The minimum atomic E-state index is -3.62. The number of thiophene rings is 1. The van der Waals surface area contributed by atoms with E-state index in [1.54, 1.807) is 6.92 Å². The lowest BCUT2D eigenvalue weighted by Crippen LogP contribution is -2.31. The molecule has 7 heteroatoms. The SMILES string of the molecule is C#CCC(C)NS(=O)(=O)c1ccc(CC(=O)O)s1. The molecule has 0 radical (unpaired) electrons. The van der Waals surface area contributed by atoms with Gasteiger partial charge in [0.2, 0.25) is 10.0 Å². The van der Waals surface area contributed by atoms with E-state index >= 15 is 0 Å². The maximum absolute atomic E-state index is 11.9. The van der Waals surface area contributed by atoms with Gasteiger partial charge in [-0.15, -0.1) is 23.7 Å². The number of carboxylic acid groups (broad SMARTS) is 1. The van der Waals surface area contributed by atoms with Gasteiger partial charge in [0, 0.05) is 17.3 Å². The number of hydrogen-bond donors (Lipinski definition) is 2. The number of rotatable bonds is 6. The van der Waals surface area contributed by atoms with E-state index in [9.17, 15) is 13.2 Å². The first-order valence-corrected chi connectivity index (χ1v) is 7.41. The second-order valence-corrected chi connectivity index (χ2v) is 6.83. The molecular formula is C11H13NO4S2. The Kier molecular flexibility index (Phi) is 4.90. The molecule has 0 aliphatic rings. The fraction of sp³-hybridized carbons (Fsp3) is 0.364. The molecule has 0 saturated heterocycles. The highest BCUT2D eigenvalue weighted by Gasteiger charge is 2.19. The Labute approximate surface area is 110 Å². The Balaban J connectivity index is 2.83. The molecule has 2 N–H and O–H groups in total. The number of terminal acetylenes is 1. The molecular weight excluding hydrogens is 274 g/mol. The quantitative estimate of drug-likeness (QED) is 0.766. The largest absolute Gasteiger partial charge is 0.481 e. The van der Waals surface area contributed by atoms with Crippen LogP contribution in [0.2, 0.25) is 0 Å². The van der Waals surface area contributed by atoms with E-state index in [-0.39, 0.29) is 16.7 Å². The molecule has 1 aromatic rings. The number of aliphatic carboxylic acids is 1. The number of hydrogen-bond acceptors (Lipinski definition) is 4. The molecule has 5 nitrogen and oxygen atoms in total. The highest BCUT2D eigenvalue weighted by molar-refractivity contribution is 7.91. The van der Waals surface area contributed by atoms with E-state index in [0.717, 1.165) is 11.3 Å². The molecule has 1 heterocycles.